The van der Waals surface area contributed by atoms with Gasteiger partial charge in [0.15, 0.2) is 11.7 Å². The summed E-state index contributed by atoms with van der Waals surface area (Å²) >= 11 is 0. The maximum Gasteiger partial charge on any atom is 0.174 e. The molecule has 0 fully saturated rings. The van der Waals surface area contributed by atoms with Gasteiger partial charge >= 0.3 is 0 Å². The topological polar surface area (TPSA) is 87.6 Å². The third kappa shape index (κ3) is 4.31. The Kier molecular flexibility index (Phi) is 6.91. The first-order chi connectivity index (χ1) is 10.1. The van der Waals surface area contributed by atoms with E-state index >= 15 is 0 Å². The Labute approximate surface area is 127 Å². The zero-order chi connectivity index (χ0) is 15.8. The van der Waals surface area contributed by atoms with Crippen LogP contribution in [-0.4, -0.2) is 34.3 Å². The zero-order valence-corrected chi connectivity index (χ0v) is 13.6. The lowest BCUT2D eigenvalue weighted by Crippen LogP contribution is -2.31. The van der Waals surface area contributed by atoms with Crippen LogP contribution < -0.4 is 10.6 Å². The number of hydrogen-bond acceptors (Lipinski definition) is 5. The third-order valence-corrected chi connectivity index (χ3v) is 3.66. The van der Waals surface area contributed by atoms with E-state index in [0.717, 1.165) is 55.8 Å². The molecule has 0 aliphatic rings. The van der Waals surface area contributed by atoms with Crippen LogP contribution in [-0.2, 0) is 0 Å². The molecule has 0 aromatic carbocycles. The first-order valence-corrected chi connectivity index (χ1v) is 7.63. The molecule has 0 amide bonds. The summed E-state index contributed by atoms with van der Waals surface area (Å²) in [4.78, 5) is 2.19. The van der Waals surface area contributed by atoms with E-state index < -0.39 is 0 Å². The van der Waals surface area contributed by atoms with Crippen LogP contribution in [0.2, 0.25) is 0 Å². The number of aryl methyl sites for hydroxylation is 1. The van der Waals surface area contributed by atoms with E-state index in [4.69, 9.17) is 10.9 Å². The quantitative estimate of drug-likeness (QED) is 0.333. The predicted molar refractivity (Wildman–Crippen MR) is 86.0 cm³/mol. The molecule has 0 aliphatic carbocycles. The summed E-state index contributed by atoms with van der Waals surface area (Å²) in [7, 11) is 0. The maximum atomic E-state index is 9.06. The summed E-state index contributed by atoms with van der Waals surface area (Å²) in [6, 6.07) is 0. The van der Waals surface area contributed by atoms with E-state index in [1.54, 1.807) is 0 Å². The smallest absolute Gasteiger partial charge is 0.174 e. The highest BCUT2D eigenvalue weighted by atomic mass is 16.4. The molecule has 0 saturated heterocycles. The van der Waals surface area contributed by atoms with Gasteiger partial charge in [-0.05, 0) is 32.3 Å². The molecule has 1 aromatic rings. The second-order valence-electron chi connectivity index (χ2n) is 5.29. The summed E-state index contributed by atoms with van der Waals surface area (Å²) in [5.74, 6) is 0.814. The van der Waals surface area contributed by atoms with Crippen LogP contribution in [0, 0.1) is 13.8 Å². The van der Waals surface area contributed by atoms with Crippen molar-refractivity contribution in [2.75, 3.05) is 18.0 Å². The fraction of sp³-hybridized carbons (Fsp3) is 0.667. The molecule has 3 N–H and O–H groups in total. The van der Waals surface area contributed by atoms with E-state index in [1.165, 1.54) is 0 Å². The Balaban J connectivity index is 3.25. The fourth-order valence-electron chi connectivity index (χ4n) is 2.20. The van der Waals surface area contributed by atoms with Gasteiger partial charge in [0.05, 0.1) is 11.3 Å². The number of rotatable bonds is 8. The van der Waals surface area contributed by atoms with Gasteiger partial charge in [0.25, 0.3) is 0 Å². The minimum absolute atomic E-state index is 0.0958. The van der Waals surface area contributed by atoms with Crippen LogP contribution in [0.3, 0.4) is 0 Å². The van der Waals surface area contributed by atoms with E-state index in [1.807, 2.05) is 13.8 Å². The van der Waals surface area contributed by atoms with Crippen molar-refractivity contribution in [3.05, 3.63) is 16.8 Å². The number of hydrogen-bond donors (Lipinski definition) is 2. The van der Waals surface area contributed by atoms with Gasteiger partial charge < -0.3 is 15.8 Å². The molecule has 1 rings (SSSR count). The van der Waals surface area contributed by atoms with Gasteiger partial charge in [0, 0.05) is 13.1 Å². The van der Waals surface area contributed by atoms with Crippen LogP contribution in [0.4, 0.5) is 5.82 Å². The summed E-state index contributed by atoms with van der Waals surface area (Å²) in [5.41, 5.74) is 8.27. The Morgan fingerprint density at radius 1 is 1.14 bits per heavy atom. The van der Waals surface area contributed by atoms with Gasteiger partial charge in [-0.25, -0.2) is 0 Å². The van der Waals surface area contributed by atoms with Gasteiger partial charge in [0.1, 0.15) is 0 Å². The molecular formula is C15H27N5O. The van der Waals surface area contributed by atoms with E-state index in [9.17, 15) is 0 Å². The standard InChI is InChI=1S/C15H27N5O/c1-5-7-9-20(10-8-6-2)15-13(14(16)19-21)11(3)12(4)17-18-15/h21H,5-10H2,1-4H3,(H2,16,19). The summed E-state index contributed by atoms with van der Waals surface area (Å²) in [6.07, 6.45) is 4.38. The van der Waals surface area contributed by atoms with Crippen molar-refractivity contribution >= 4 is 11.7 Å². The van der Waals surface area contributed by atoms with Crippen molar-refractivity contribution in [3.8, 4) is 0 Å². The van der Waals surface area contributed by atoms with Crippen molar-refractivity contribution in [1.82, 2.24) is 10.2 Å². The maximum absolute atomic E-state index is 9.06. The van der Waals surface area contributed by atoms with Crippen molar-refractivity contribution in [3.63, 3.8) is 0 Å². The first kappa shape index (κ1) is 17.2. The zero-order valence-electron chi connectivity index (χ0n) is 13.6. The molecule has 21 heavy (non-hydrogen) atoms. The first-order valence-electron chi connectivity index (χ1n) is 7.63. The summed E-state index contributed by atoms with van der Waals surface area (Å²) < 4.78 is 0. The van der Waals surface area contributed by atoms with Crippen LogP contribution in [0.25, 0.3) is 0 Å². The molecule has 0 spiro atoms. The number of anilines is 1. The van der Waals surface area contributed by atoms with Crippen LogP contribution >= 0.6 is 0 Å². The Bertz CT molecular complexity index is 479. The number of nitrogens with two attached hydrogens (primary N) is 1. The normalized spacial score (nSPS) is 11.7. The second kappa shape index (κ2) is 8.44. The molecule has 6 nitrogen and oxygen atoms in total. The van der Waals surface area contributed by atoms with Gasteiger partial charge in [-0.3, -0.25) is 0 Å². The Morgan fingerprint density at radius 3 is 2.19 bits per heavy atom. The minimum Gasteiger partial charge on any atom is -0.409 e. The van der Waals surface area contributed by atoms with Crippen molar-refractivity contribution in [1.29, 1.82) is 0 Å². The van der Waals surface area contributed by atoms with E-state index in [2.05, 4.69) is 34.1 Å². The number of amidine groups is 1. The molecule has 0 bridgehead atoms. The highest BCUT2D eigenvalue weighted by molar-refractivity contribution is 6.02. The van der Waals surface area contributed by atoms with E-state index in [-0.39, 0.29) is 5.84 Å². The molecule has 6 heteroatoms. The lowest BCUT2D eigenvalue weighted by molar-refractivity contribution is 0.318. The number of nitrogens with zero attached hydrogens (tertiary/aromatic N) is 4. The number of unbranched alkanes of at least 4 members (excludes halogenated alkanes) is 2. The molecule has 0 saturated carbocycles. The highest BCUT2D eigenvalue weighted by Gasteiger charge is 2.19. The average molecular weight is 293 g/mol. The minimum atomic E-state index is 0.0958. The number of oxime groups is 1. The molecule has 0 unspecified atom stereocenters. The molecule has 1 aromatic heterocycles. The van der Waals surface area contributed by atoms with Gasteiger partial charge in [0.2, 0.25) is 0 Å². The number of aromatic nitrogens is 2. The summed E-state index contributed by atoms with van der Waals surface area (Å²) in [6.45, 7) is 9.93. The molecule has 0 radical (unpaired) electrons. The molecule has 0 aliphatic heterocycles. The SMILES string of the molecule is CCCCN(CCCC)c1nnc(C)c(C)c1/C(N)=N/O. The highest BCUT2D eigenvalue weighted by Crippen LogP contribution is 2.23. The van der Waals surface area contributed by atoms with Crippen molar-refractivity contribution in [2.45, 2.75) is 53.4 Å². The molecule has 0 atom stereocenters. The van der Waals surface area contributed by atoms with E-state index in [0.29, 0.717) is 5.56 Å². The van der Waals surface area contributed by atoms with Gasteiger partial charge in [-0.1, -0.05) is 31.8 Å². The Morgan fingerprint density at radius 2 is 1.71 bits per heavy atom. The van der Waals surface area contributed by atoms with Gasteiger partial charge in [-0.15, -0.1) is 5.10 Å². The van der Waals surface area contributed by atoms with Crippen molar-refractivity contribution in [2.24, 2.45) is 10.9 Å². The van der Waals surface area contributed by atoms with Crippen LogP contribution in [0.5, 0.6) is 0 Å². The van der Waals surface area contributed by atoms with Crippen LogP contribution in [0.15, 0.2) is 5.16 Å². The van der Waals surface area contributed by atoms with Crippen LogP contribution in [0.1, 0.15) is 56.4 Å². The predicted octanol–water partition coefficient (Wildman–Crippen LogP) is 2.59. The monoisotopic (exact) mass is 293 g/mol. The third-order valence-electron chi connectivity index (χ3n) is 3.66. The lowest BCUT2D eigenvalue weighted by atomic mass is 10.1. The fourth-order valence-corrected chi connectivity index (χ4v) is 2.20. The largest absolute Gasteiger partial charge is 0.409 e. The second-order valence-corrected chi connectivity index (χ2v) is 5.29. The summed E-state index contributed by atoms with van der Waals surface area (Å²) in [5, 5.41) is 20.7. The van der Waals surface area contributed by atoms with Gasteiger partial charge in [-0.2, -0.15) is 5.10 Å². The average Bonchev–Trinajstić information content (AvgIpc) is 2.49. The Hall–Kier alpha value is -1.85. The molecular weight excluding hydrogens is 266 g/mol. The van der Waals surface area contributed by atoms with Crippen molar-refractivity contribution < 1.29 is 5.21 Å². The molecule has 118 valence electrons. The lowest BCUT2D eigenvalue weighted by Gasteiger charge is -2.26. The molecule has 1 heterocycles.